The van der Waals surface area contributed by atoms with Crippen molar-refractivity contribution in [2.75, 3.05) is 26.2 Å². The molecule has 6 nitrogen and oxygen atoms in total. The molecule has 6 heteroatoms. The molecular weight excluding hydrogens is 326 g/mol. The number of nitrogens with zero attached hydrogens (tertiary/aromatic N) is 4. The first-order valence-corrected chi connectivity index (χ1v) is 10.3. The fraction of sp³-hybridized carbons (Fsp3) is 0.800. The Kier molecular flexibility index (Phi) is 4.71. The van der Waals surface area contributed by atoms with Crippen molar-refractivity contribution < 1.29 is 4.79 Å². The lowest BCUT2D eigenvalue weighted by molar-refractivity contribution is 0.0166. The van der Waals surface area contributed by atoms with E-state index in [0.717, 1.165) is 31.9 Å². The third-order valence-electron chi connectivity index (χ3n) is 6.63. The minimum Gasteiger partial charge on any atom is -0.337 e. The van der Waals surface area contributed by atoms with Gasteiger partial charge < -0.3 is 10.2 Å². The molecule has 1 saturated carbocycles. The van der Waals surface area contributed by atoms with Crippen molar-refractivity contribution in [3.8, 4) is 0 Å². The average molecular weight is 360 g/mol. The molecule has 3 aliphatic rings. The van der Waals surface area contributed by atoms with Crippen LogP contribution in [0.15, 0.2) is 6.07 Å². The Balaban J connectivity index is 1.23. The van der Waals surface area contributed by atoms with Gasteiger partial charge in [-0.2, -0.15) is 5.10 Å². The van der Waals surface area contributed by atoms with Gasteiger partial charge in [-0.3, -0.25) is 9.58 Å². The molecule has 0 radical (unpaired) electrons. The van der Waals surface area contributed by atoms with Gasteiger partial charge in [0.1, 0.15) is 0 Å². The number of rotatable bonds is 5. The number of aryl methyl sites for hydroxylation is 2. The van der Waals surface area contributed by atoms with Gasteiger partial charge in [0.05, 0.1) is 5.69 Å². The van der Waals surface area contributed by atoms with Crippen LogP contribution in [-0.4, -0.2) is 63.9 Å². The van der Waals surface area contributed by atoms with E-state index in [1.54, 1.807) is 0 Å². The molecular formula is C20H33N5O. The molecule has 1 aromatic rings. The van der Waals surface area contributed by atoms with Crippen molar-refractivity contribution >= 4 is 6.03 Å². The van der Waals surface area contributed by atoms with E-state index in [4.69, 9.17) is 0 Å². The Morgan fingerprint density at radius 2 is 2.08 bits per heavy atom. The zero-order valence-corrected chi connectivity index (χ0v) is 16.5. The number of nitrogens with one attached hydrogen (secondary N) is 1. The van der Waals surface area contributed by atoms with E-state index in [-0.39, 0.29) is 11.4 Å². The Bertz CT molecular complexity index is 659. The van der Waals surface area contributed by atoms with Crippen LogP contribution >= 0.6 is 0 Å². The van der Waals surface area contributed by atoms with Gasteiger partial charge in [0, 0.05) is 49.4 Å². The molecule has 1 N–H and O–H groups in total. The Morgan fingerprint density at radius 3 is 2.69 bits per heavy atom. The maximum Gasteiger partial charge on any atom is 0.317 e. The largest absolute Gasteiger partial charge is 0.337 e. The number of carbonyl (C=O) groups excluding carboxylic acids is 1. The van der Waals surface area contributed by atoms with Gasteiger partial charge in [0.15, 0.2) is 0 Å². The maximum absolute atomic E-state index is 12.5. The molecule has 0 unspecified atom stereocenters. The molecule has 2 aliphatic heterocycles. The maximum atomic E-state index is 12.5. The van der Waals surface area contributed by atoms with E-state index in [1.807, 2.05) is 11.8 Å². The Labute approximate surface area is 156 Å². The molecule has 3 heterocycles. The van der Waals surface area contributed by atoms with E-state index in [2.05, 4.69) is 39.9 Å². The van der Waals surface area contributed by atoms with Gasteiger partial charge in [-0.15, -0.1) is 0 Å². The highest BCUT2D eigenvalue weighted by molar-refractivity contribution is 5.75. The quantitative estimate of drug-likeness (QED) is 0.879. The van der Waals surface area contributed by atoms with E-state index < -0.39 is 0 Å². The van der Waals surface area contributed by atoms with Crippen molar-refractivity contribution in [2.45, 2.75) is 71.5 Å². The second kappa shape index (κ2) is 6.87. The van der Waals surface area contributed by atoms with Crippen molar-refractivity contribution in [3.05, 3.63) is 17.5 Å². The molecule has 0 spiro atoms. The van der Waals surface area contributed by atoms with Gasteiger partial charge in [0.25, 0.3) is 0 Å². The smallest absolute Gasteiger partial charge is 0.317 e. The predicted octanol–water partition coefficient (Wildman–Crippen LogP) is 2.55. The highest BCUT2D eigenvalue weighted by atomic mass is 16.2. The van der Waals surface area contributed by atoms with E-state index in [0.29, 0.717) is 12.1 Å². The molecule has 1 aromatic heterocycles. The zero-order valence-electron chi connectivity index (χ0n) is 16.5. The number of aromatic nitrogens is 2. The fourth-order valence-electron chi connectivity index (χ4n) is 4.59. The number of hydrogen-bond acceptors (Lipinski definition) is 3. The number of likely N-dealkylation sites (tertiary alicyclic amines) is 2. The van der Waals surface area contributed by atoms with Crippen LogP contribution in [0.5, 0.6) is 0 Å². The van der Waals surface area contributed by atoms with Crippen LogP contribution in [0.25, 0.3) is 0 Å². The SMILES string of the molecule is Cc1cc(C)n(CC2(CNC(=O)N3CC(N4CCCC[C@H]4C)C3)CC2)n1. The highest BCUT2D eigenvalue weighted by Crippen LogP contribution is 2.46. The topological polar surface area (TPSA) is 53.4 Å². The van der Waals surface area contributed by atoms with Crippen LogP contribution < -0.4 is 5.32 Å². The summed E-state index contributed by atoms with van der Waals surface area (Å²) in [5, 5.41) is 7.78. The summed E-state index contributed by atoms with van der Waals surface area (Å²) in [6, 6.07) is 3.48. The van der Waals surface area contributed by atoms with Gasteiger partial charge >= 0.3 is 6.03 Å². The summed E-state index contributed by atoms with van der Waals surface area (Å²) in [5.74, 6) is 0. The molecule has 1 atom stereocenters. The summed E-state index contributed by atoms with van der Waals surface area (Å²) in [6.45, 7) is 11.1. The molecule has 2 amide bonds. The van der Waals surface area contributed by atoms with E-state index >= 15 is 0 Å². The van der Waals surface area contributed by atoms with Crippen molar-refractivity contribution in [1.29, 1.82) is 0 Å². The normalized spacial score (nSPS) is 25.8. The summed E-state index contributed by atoms with van der Waals surface area (Å²) in [4.78, 5) is 17.1. The fourth-order valence-corrected chi connectivity index (χ4v) is 4.59. The number of carbonyl (C=O) groups is 1. The summed E-state index contributed by atoms with van der Waals surface area (Å²) in [7, 11) is 0. The summed E-state index contributed by atoms with van der Waals surface area (Å²) >= 11 is 0. The average Bonchev–Trinajstić information content (AvgIpc) is 3.25. The van der Waals surface area contributed by atoms with Crippen molar-refractivity contribution in [1.82, 2.24) is 24.9 Å². The Hall–Kier alpha value is -1.56. The number of hydrogen-bond donors (Lipinski definition) is 1. The molecule has 0 bridgehead atoms. The predicted molar refractivity (Wildman–Crippen MR) is 102 cm³/mol. The second-order valence-electron chi connectivity index (χ2n) is 8.88. The molecule has 26 heavy (non-hydrogen) atoms. The third-order valence-corrected chi connectivity index (χ3v) is 6.63. The van der Waals surface area contributed by atoms with Crippen LogP contribution in [0.1, 0.15) is 50.4 Å². The molecule has 4 rings (SSSR count). The molecule has 144 valence electrons. The van der Waals surface area contributed by atoms with E-state index in [1.165, 1.54) is 44.3 Å². The summed E-state index contributed by atoms with van der Waals surface area (Å²) < 4.78 is 2.10. The second-order valence-corrected chi connectivity index (χ2v) is 8.88. The van der Waals surface area contributed by atoms with Gasteiger partial charge in [0.2, 0.25) is 0 Å². The number of urea groups is 1. The third kappa shape index (κ3) is 3.61. The Morgan fingerprint density at radius 1 is 1.31 bits per heavy atom. The first kappa shape index (κ1) is 17.8. The summed E-state index contributed by atoms with van der Waals surface area (Å²) in [6.07, 6.45) is 6.32. The number of piperidine rings is 1. The lowest BCUT2D eigenvalue weighted by Gasteiger charge is -2.49. The lowest BCUT2D eigenvalue weighted by atomic mass is 9.98. The standard InChI is InChI=1S/C20H33N5O/c1-15-10-17(3)25(22-15)14-20(7-8-20)13-21-19(26)23-11-18(12-23)24-9-5-4-6-16(24)2/h10,16,18H,4-9,11-14H2,1-3H3,(H,21,26)/t16-/m1/s1. The minimum atomic E-state index is 0.116. The van der Waals surface area contributed by atoms with Gasteiger partial charge in [-0.05, 0) is 59.1 Å². The minimum absolute atomic E-state index is 0.116. The first-order chi connectivity index (χ1) is 12.5. The zero-order chi connectivity index (χ0) is 18.3. The molecule has 3 fully saturated rings. The lowest BCUT2D eigenvalue weighted by Crippen LogP contribution is -2.65. The number of amides is 2. The van der Waals surface area contributed by atoms with E-state index in [9.17, 15) is 4.79 Å². The van der Waals surface area contributed by atoms with Crippen LogP contribution in [0.2, 0.25) is 0 Å². The molecule has 1 aliphatic carbocycles. The van der Waals surface area contributed by atoms with Crippen LogP contribution in [-0.2, 0) is 6.54 Å². The van der Waals surface area contributed by atoms with Crippen LogP contribution in [0.3, 0.4) is 0 Å². The first-order valence-electron chi connectivity index (χ1n) is 10.3. The van der Waals surface area contributed by atoms with Gasteiger partial charge in [-0.25, -0.2) is 4.79 Å². The van der Waals surface area contributed by atoms with Crippen LogP contribution in [0.4, 0.5) is 4.79 Å². The highest BCUT2D eigenvalue weighted by Gasteiger charge is 2.44. The van der Waals surface area contributed by atoms with Crippen LogP contribution in [0, 0.1) is 19.3 Å². The monoisotopic (exact) mass is 359 g/mol. The van der Waals surface area contributed by atoms with Crippen molar-refractivity contribution in [3.63, 3.8) is 0 Å². The van der Waals surface area contributed by atoms with Gasteiger partial charge in [-0.1, -0.05) is 6.42 Å². The van der Waals surface area contributed by atoms with Crippen molar-refractivity contribution in [2.24, 2.45) is 5.41 Å². The summed E-state index contributed by atoms with van der Waals surface area (Å²) in [5.41, 5.74) is 2.49. The molecule has 0 aromatic carbocycles. The molecule has 2 saturated heterocycles.